The van der Waals surface area contributed by atoms with Crippen LogP contribution in [0.5, 0.6) is 0 Å². The smallest absolute Gasteiger partial charge is 0.336 e. The van der Waals surface area contributed by atoms with E-state index in [-0.39, 0.29) is 6.04 Å². The van der Waals surface area contributed by atoms with Crippen LogP contribution in [0.1, 0.15) is 52.4 Å². The van der Waals surface area contributed by atoms with Gasteiger partial charge in [0.1, 0.15) is 0 Å². The first-order valence-corrected chi connectivity index (χ1v) is 8.57. The van der Waals surface area contributed by atoms with E-state index in [0.717, 1.165) is 24.1 Å². The minimum absolute atomic E-state index is 0.0253. The lowest BCUT2D eigenvalue weighted by Crippen LogP contribution is -2.30. The topological polar surface area (TPSA) is 49.3 Å². The van der Waals surface area contributed by atoms with Crippen molar-refractivity contribution in [2.45, 2.75) is 31.7 Å². The van der Waals surface area contributed by atoms with Crippen molar-refractivity contribution in [3.8, 4) is 0 Å². The molecule has 0 fully saturated rings. The molecule has 3 atom stereocenters. The third-order valence-corrected chi connectivity index (χ3v) is 5.36. The predicted octanol–water partition coefficient (Wildman–Crippen LogP) is 4.77. The molecule has 0 aromatic heterocycles. The zero-order valence-corrected chi connectivity index (χ0v) is 13.7. The van der Waals surface area contributed by atoms with Gasteiger partial charge >= 0.3 is 5.97 Å². The number of benzene rings is 2. The Bertz CT molecular complexity index is 824. The number of aryl methyl sites for hydroxylation is 1. The normalized spacial score (nSPS) is 24.1. The van der Waals surface area contributed by atoms with Gasteiger partial charge in [-0.25, -0.2) is 4.79 Å². The molecular formula is C21H21NO2. The molecule has 0 saturated heterocycles. The molecule has 3 heteroatoms. The molecule has 2 N–H and O–H groups in total. The molecule has 3 nitrogen and oxygen atoms in total. The number of carboxylic acids is 1. The summed E-state index contributed by atoms with van der Waals surface area (Å²) >= 11 is 0. The van der Waals surface area contributed by atoms with Crippen LogP contribution in [0.2, 0.25) is 0 Å². The molecule has 122 valence electrons. The van der Waals surface area contributed by atoms with Crippen molar-refractivity contribution < 1.29 is 9.90 Å². The number of hydrogen-bond donors (Lipinski definition) is 2. The van der Waals surface area contributed by atoms with Crippen LogP contribution in [0.15, 0.2) is 54.6 Å². The molecular weight excluding hydrogens is 298 g/mol. The Labute approximate surface area is 142 Å². The third kappa shape index (κ3) is 2.32. The van der Waals surface area contributed by atoms with Crippen LogP contribution in [-0.2, 0) is 6.42 Å². The van der Waals surface area contributed by atoms with Gasteiger partial charge in [0.2, 0.25) is 0 Å². The number of carbonyl (C=O) groups is 1. The minimum Gasteiger partial charge on any atom is -0.478 e. The number of carboxylic acid groups (broad SMARTS) is 1. The molecule has 1 aliphatic heterocycles. The van der Waals surface area contributed by atoms with Crippen molar-refractivity contribution in [1.29, 1.82) is 0 Å². The fourth-order valence-corrected chi connectivity index (χ4v) is 4.13. The highest BCUT2D eigenvalue weighted by atomic mass is 16.4. The Morgan fingerprint density at radius 3 is 2.83 bits per heavy atom. The first kappa shape index (κ1) is 15.0. The first-order chi connectivity index (χ1) is 11.7. The lowest BCUT2D eigenvalue weighted by Gasteiger charge is -2.38. The maximum absolute atomic E-state index is 11.6. The number of allylic oxidation sites excluding steroid dienone is 2. The van der Waals surface area contributed by atoms with Gasteiger partial charge in [0.15, 0.2) is 0 Å². The fraction of sp³-hybridized carbons (Fsp3) is 0.286. The minimum atomic E-state index is -0.859. The summed E-state index contributed by atoms with van der Waals surface area (Å²) < 4.78 is 0. The van der Waals surface area contributed by atoms with Gasteiger partial charge in [-0.1, -0.05) is 49.4 Å². The van der Waals surface area contributed by atoms with E-state index in [1.807, 2.05) is 12.1 Å². The van der Waals surface area contributed by atoms with E-state index >= 15 is 0 Å². The van der Waals surface area contributed by atoms with E-state index in [4.69, 9.17) is 0 Å². The van der Waals surface area contributed by atoms with Gasteiger partial charge in [0.25, 0.3) is 0 Å². The Morgan fingerprint density at radius 2 is 2.04 bits per heavy atom. The van der Waals surface area contributed by atoms with E-state index in [1.54, 1.807) is 12.1 Å². The summed E-state index contributed by atoms with van der Waals surface area (Å²) in [5, 5.41) is 13.2. The summed E-state index contributed by atoms with van der Waals surface area (Å²) in [5.41, 5.74) is 5.10. The van der Waals surface area contributed by atoms with Crippen molar-refractivity contribution in [3.05, 3.63) is 76.9 Å². The molecule has 2 aliphatic rings. The van der Waals surface area contributed by atoms with Crippen LogP contribution in [0.4, 0.5) is 5.69 Å². The molecule has 0 amide bonds. The molecule has 4 rings (SSSR count). The van der Waals surface area contributed by atoms with Crippen LogP contribution in [0.25, 0.3) is 0 Å². The predicted molar refractivity (Wildman–Crippen MR) is 95.6 cm³/mol. The average Bonchev–Trinajstić information content (AvgIpc) is 3.10. The van der Waals surface area contributed by atoms with Crippen LogP contribution >= 0.6 is 0 Å². The quantitative estimate of drug-likeness (QED) is 0.801. The highest BCUT2D eigenvalue weighted by Gasteiger charge is 2.39. The average molecular weight is 319 g/mol. The number of rotatable bonds is 3. The molecule has 0 saturated carbocycles. The summed E-state index contributed by atoms with van der Waals surface area (Å²) in [4.78, 5) is 11.6. The molecule has 1 heterocycles. The summed E-state index contributed by atoms with van der Waals surface area (Å²) in [5.74, 6) is -0.133. The lowest BCUT2D eigenvalue weighted by atomic mass is 9.75. The van der Waals surface area contributed by atoms with E-state index in [9.17, 15) is 9.90 Å². The number of nitrogens with one attached hydrogen (secondary N) is 1. The Morgan fingerprint density at radius 1 is 1.21 bits per heavy atom. The van der Waals surface area contributed by atoms with Gasteiger partial charge in [0, 0.05) is 11.6 Å². The van der Waals surface area contributed by atoms with Crippen molar-refractivity contribution in [3.63, 3.8) is 0 Å². The maximum Gasteiger partial charge on any atom is 0.336 e. The third-order valence-electron chi connectivity index (χ3n) is 5.36. The standard InChI is InChI=1S/C21H21NO2/c1-2-13-10-11-19-18(12-13)14-8-5-9-15(14)20(22-19)16-6-3-4-7-17(16)21(23)24/h3-8,10-12,14-15,20,22H,2,9H2,1H3,(H,23,24)/t14-,15-,20+/m1/s1. The summed E-state index contributed by atoms with van der Waals surface area (Å²) in [6, 6.07) is 14.0. The Hall–Kier alpha value is -2.55. The highest BCUT2D eigenvalue weighted by molar-refractivity contribution is 5.89. The van der Waals surface area contributed by atoms with Crippen molar-refractivity contribution in [1.82, 2.24) is 0 Å². The number of aromatic carboxylic acids is 1. The molecule has 1 aliphatic carbocycles. The van der Waals surface area contributed by atoms with E-state index in [2.05, 4.69) is 42.6 Å². The molecule has 0 radical (unpaired) electrons. The van der Waals surface area contributed by atoms with Crippen molar-refractivity contribution in [2.75, 3.05) is 5.32 Å². The molecule has 0 spiro atoms. The zero-order chi connectivity index (χ0) is 16.7. The lowest BCUT2D eigenvalue weighted by molar-refractivity contribution is 0.0694. The van der Waals surface area contributed by atoms with Gasteiger partial charge in [0.05, 0.1) is 11.6 Å². The Kier molecular flexibility index (Phi) is 3.64. The van der Waals surface area contributed by atoms with E-state index < -0.39 is 5.97 Å². The molecule has 2 aromatic carbocycles. The van der Waals surface area contributed by atoms with Gasteiger partial charge in [-0.2, -0.15) is 0 Å². The second kappa shape index (κ2) is 5.82. The monoisotopic (exact) mass is 319 g/mol. The first-order valence-electron chi connectivity index (χ1n) is 8.57. The second-order valence-electron chi connectivity index (χ2n) is 6.64. The van der Waals surface area contributed by atoms with Crippen LogP contribution in [-0.4, -0.2) is 11.1 Å². The van der Waals surface area contributed by atoms with Gasteiger partial charge in [-0.15, -0.1) is 0 Å². The number of anilines is 1. The number of fused-ring (bicyclic) bond motifs is 3. The van der Waals surface area contributed by atoms with Crippen LogP contribution in [0, 0.1) is 5.92 Å². The molecule has 0 bridgehead atoms. The maximum atomic E-state index is 11.6. The highest BCUT2D eigenvalue weighted by Crippen LogP contribution is 2.50. The van der Waals surface area contributed by atoms with Crippen molar-refractivity contribution >= 4 is 11.7 Å². The number of hydrogen-bond acceptors (Lipinski definition) is 2. The van der Waals surface area contributed by atoms with Gasteiger partial charge < -0.3 is 10.4 Å². The summed E-state index contributed by atoms with van der Waals surface area (Å²) in [6.07, 6.45) is 6.53. The van der Waals surface area contributed by atoms with E-state index in [0.29, 0.717) is 17.4 Å². The van der Waals surface area contributed by atoms with Crippen LogP contribution in [0.3, 0.4) is 0 Å². The zero-order valence-electron chi connectivity index (χ0n) is 13.7. The second-order valence-corrected chi connectivity index (χ2v) is 6.64. The van der Waals surface area contributed by atoms with E-state index in [1.165, 1.54) is 11.1 Å². The summed E-state index contributed by atoms with van der Waals surface area (Å²) in [7, 11) is 0. The van der Waals surface area contributed by atoms with Crippen molar-refractivity contribution in [2.24, 2.45) is 5.92 Å². The van der Waals surface area contributed by atoms with Gasteiger partial charge in [-0.05, 0) is 47.6 Å². The fourth-order valence-electron chi connectivity index (χ4n) is 4.13. The summed E-state index contributed by atoms with van der Waals surface area (Å²) in [6.45, 7) is 2.17. The van der Waals surface area contributed by atoms with Gasteiger partial charge in [-0.3, -0.25) is 0 Å². The molecule has 24 heavy (non-hydrogen) atoms. The largest absolute Gasteiger partial charge is 0.478 e. The van der Waals surface area contributed by atoms with Crippen LogP contribution < -0.4 is 5.32 Å². The molecule has 0 unspecified atom stereocenters. The SMILES string of the molecule is CCc1ccc2c(c1)[C@@H]1C=CC[C@H]1[C@@H](c1ccccc1C(=O)O)N2. The Balaban J connectivity index is 1.81. The molecule has 2 aromatic rings.